The van der Waals surface area contributed by atoms with Crippen molar-refractivity contribution in [3.05, 3.63) is 64.7 Å². The molecule has 0 saturated heterocycles. The first-order chi connectivity index (χ1) is 9.72. The van der Waals surface area contributed by atoms with Gasteiger partial charge in [-0.25, -0.2) is 0 Å². The van der Waals surface area contributed by atoms with Crippen molar-refractivity contribution in [3.8, 4) is 0 Å². The highest BCUT2D eigenvalue weighted by Gasteiger charge is 2.21. The van der Waals surface area contributed by atoms with E-state index in [1.165, 1.54) is 11.1 Å². The zero-order chi connectivity index (χ0) is 13.9. The third kappa shape index (κ3) is 2.94. The summed E-state index contributed by atoms with van der Waals surface area (Å²) in [6, 6.07) is 16.5. The molecule has 2 nitrogen and oxygen atoms in total. The van der Waals surface area contributed by atoms with E-state index in [1.807, 2.05) is 24.3 Å². The predicted octanol–water partition coefficient (Wildman–Crippen LogP) is 3.79. The van der Waals surface area contributed by atoms with Crippen LogP contribution in [0.1, 0.15) is 11.1 Å². The van der Waals surface area contributed by atoms with Crippen molar-refractivity contribution in [1.82, 2.24) is 5.32 Å². The molecule has 0 atom stereocenters. The Hall–Kier alpha value is -1.58. The molecule has 4 heteroatoms. The van der Waals surface area contributed by atoms with Crippen molar-refractivity contribution in [1.29, 1.82) is 0 Å². The summed E-state index contributed by atoms with van der Waals surface area (Å²) >= 11 is 11.5. The molecule has 20 heavy (non-hydrogen) atoms. The summed E-state index contributed by atoms with van der Waals surface area (Å²) < 4.78 is 0. The smallest absolute Gasteiger partial charge is 0.171 e. The van der Waals surface area contributed by atoms with E-state index in [0.29, 0.717) is 16.2 Å². The highest BCUT2D eigenvalue weighted by atomic mass is 35.5. The Bertz CT molecular complexity index is 617. The molecular weight excluding hydrogens is 288 g/mol. The molecule has 102 valence electrons. The van der Waals surface area contributed by atoms with Crippen LogP contribution in [0.2, 0.25) is 5.02 Å². The first kappa shape index (κ1) is 13.4. The van der Waals surface area contributed by atoms with Crippen molar-refractivity contribution >= 4 is 34.6 Å². The number of anilines is 1. The van der Waals surface area contributed by atoms with E-state index in [4.69, 9.17) is 23.8 Å². The van der Waals surface area contributed by atoms with Crippen LogP contribution in [-0.4, -0.2) is 11.2 Å². The minimum Gasteiger partial charge on any atom is -0.359 e. The van der Waals surface area contributed by atoms with Gasteiger partial charge in [0.05, 0.1) is 10.7 Å². The van der Waals surface area contributed by atoms with Gasteiger partial charge in [-0.05, 0) is 48.3 Å². The molecule has 0 aliphatic heterocycles. The lowest BCUT2D eigenvalue weighted by atomic mass is 10.1. The molecule has 0 fully saturated rings. The van der Waals surface area contributed by atoms with Crippen LogP contribution in [0.25, 0.3) is 0 Å². The van der Waals surface area contributed by atoms with Crippen LogP contribution in [-0.2, 0) is 12.8 Å². The van der Waals surface area contributed by atoms with Crippen molar-refractivity contribution in [2.45, 2.75) is 18.9 Å². The van der Waals surface area contributed by atoms with Gasteiger partial charge in [0.1, 0.15) is 0 Å². The van der Waals surface area contributed by atoms with Gasteiger partial charge >= 0.3 is 0 Å². The maximum atomic E-state index is 6.11. The molecule has 0 amide bonds. The fourth-order valence-electron chi connectivity index (χ4n) is 2.57. The number of rotatable bonds is 2. The fourth-order valence-corrected chi connectivity index (χ4v) is 3.03. The van der Waals surface area contributed by atoms with Gasteiger partial charge < -0.3 is 10.6 Å². The van der Waals surface area contributed by atoms with Crippen LogP contribution in [0.3, 0.4) is 0 Å². The second kappa shape index (κ2) is 5.81. The maximum Gasteiger partial charge on any atom is 0.171 e. The number of hydrogen-bond acceptors (Lipinski definition) is 1. The molecule has 1 aliphatic rings. The molecule has 2 aromatic rings. The lowest BCUT2D eigenvalue weighted by Gasteiger charge is -2.16. The van der Waals surface area contributed by atoms with E-state index in [2.05, 4.69) is 34.9 Å². The number of thiocarbonyl (C=S) groups is 1. The summed E-state index contributed by atoms with van der Waals surface area (Å²) in [5, 5.41) is 7.81. The van der Waals surface area contributed by atoms with E-state index in [9.17, 15) is 0 Å². The SMILES string of the molecule is S=C(Nc1ccccc1Cl)NC1Cc2ccccc2C1. The normalized spacial score (nSPS) is 13.8. The second-order valence-electron chi connectivity index (χ2n) is 4.95. The van der Waals surface area contributed by atoms with Crippen LogP contribution < -0.4 is 10.6 Å². The zero-order valence-corrected chi connectivity index (χ0v) is 12.5. The average molecular weight is 303 g/mol. The Labute approximate surface area is 129 Å². The Kier molecular flexibility index (Phi) is 3.90. The van der Waals surface area contributed by atoms with Gasteiger partial charge in [0.15, 0.2) is 5.11 Å². The topological polar surface area (TPSA) is 24.1 Å². The molecule has 0 aromatic heterocycles. The highest BCUT2D eigenvalue weighted by Crippen LogP contribution is 2.23. The molecule has 0 saturated carbocycles. The predicted molar refractivity (Wildman–Crippen MR) is 88.4 cm³/mol. The van der Waals surface area contributed by atoms with Gasteiger partial charge in [0.25, 0.3) is 0 Å². The highest BCUT2D eigenvalue weighted by molar-refractivity contribution is 7.80. The number of para-hydroxylation sites is 1. The monoisotopic (exact) mass is 302 g/mol. The Balaban J connectivity index is 1.60. The van der Waals surface area contributed by atoms with Crippen molar-refractivity contribution in [3.63, 3.8) is 0 Å². The van der Waals surface area contributed by atoms with Crippen molar-refractivity contribution in [2.24, 2.45) is 0 Å². The van der Waals surface area contributed by atoms with Gasteiger partial charge in [-0.2, -0.15) is 0 Å². The van der Waals surface area contributed by atoms with E-state index in [-0.39, 0.29) is 0 Å². The average Bonchev–Trinajstić information content (AvgIpc) is 2.83. The molecule has 0 bridgehead atoms. The van der Waals surface area contributed by atoms with Gasteiger partial charge in [-0.1, -0.05) is 48.0 Å². The summed E-state index contributed by atoms with van der Waals surface area (Å²) in [5.74, 6) is 0. The lowest BCUT2D eigenvalue weighted by Crippen LogP contribution is -2.38. The molecule has 0 radical (unpaired) electrons. The quantitative estimate of drug-likeness (QED) is 0.825. The largest absolute Gasteiger partial charge is 0.359 e. The number of hydrogen-bond donors (Lipinski definition) is 2. The van der Waals surface area contributed by atoms with Gasteiger partial charge in [0, 0.05) is 6.04 Å². The van der Waals surface area contributed by atoms with Crippen LogP contribution in [0.4, 0.5) is 5.69 Å². The molecule has 0 unspecified atom stereocenters. The lowest BCUT2D eigenvalue weighted by molar-refractivity contribution is 0.648. The Morgan fingerprint density at radius 2 is 1.60 bits per heavy atom. The second-order valence-corrected chi connectivity index (χ2v) is 5.77. The molecule has 3 rings (SSSR count). The van der Waals surface area contributed by atoms with E-state index >= 15 is 0 Å². The molecule has 2 aromatic carbocycles. The van der Waals surface area contributed by atoms with Gasteiger partial charge in [-0.15, -0.1) is 0 Å². The van der Waals surface area contributed by atoms with Crippen LogP contribution in [0.5, 0.6) is 0 Å². The summed E-state index contributed by atoms with van der Waals surface area (Å²) in [5.41, 5.74) is 3.65. The van der Waals surface area contributed by atoms with Gasteiger partial charge in [0.2, 0.25) is 0 Å². The van der Waals surface area contributed by atoms with Crippen LogP contribution >= 0.6 is 23.8 Å². The van der Waals surface area contributed by atoms with E-state index in [1.54, 1.807) is 0 Å². The minimum absolute atomic E-state index is 0.356. The van der Waals surface area contributed by atoms with E-state index in [0.717, 1.165) is 18.5 Å². The third-order valence-corrected chi connectivity index (χ3v) is 4.06. The molecular formula is C16H15ClN2S. The summed E-state index contributed by atoms with van der Waals surface area (Å²) in [4.78, 5) is 0. The molecule has 2 N–H and O–H groups in total. The first-order valence-corrected chi connectivity index (χ1v) is 7.40. The molecule has 0 heterocycles. The van der Waals surface area contributed by atoms with Gasteiger partial charge in [-0.3, -0.25) is 0 Å². The van der Waals surface area contributed by atoms with Crippen molar-refractivity contribution < 1.29 is 0 Å². The first-order valence-electron chi connectivity index (χ1n) is 6.61. The number of fused-ring (bicyclic) bond motifs is 1. The Morgan fingerprint density at radius 1 is 1.00 bits per heavy atom. The zero-order valence-electron chi connectivity index (χ0n) is 10.9. The standard InChI is InChI=1S/C16H15ClN2S/c17-14-7-3-4-8-15(14)19-16(20)18-13-9-11-5-1-2-6-12(11)10-13/h1-8,13H,9-10H2,(H2,18,19,20). The Morgan fingerprint density at radius 3 is 2.25 bits per heavy atom. The summed E-state index contributed by atoms with van der Waals surface area (Å²) in [6.45, 7) is 0. The number of benzene rings is 2. The third-order valence-electron chi connectivity index (χ3n) is 3.51. The molecule has 1 aliphatic carbocycles. The fraction of sp³-hybridized carbons (Fsp3) is 0.188. The number of halogens is 1. The maximum absolute atomic E-state index is 6.11. The van der Waals surface area contributed by atoms with E-state index < -0.39 is 0 Å². The summed E-state index contributed by atoms with van der Waals surface area (Å²) in [7, 11) is 0. The van der Waals surface area contributed by atoms with Crippen LogP contribution in [0, 0.1) is 0 Å². The summed E-state index contributed by atoms with van der Waals surface area (Å²) in [6.07, 6.45) is 2.03. The minimum atomic E-state index is 0.356. The van der Waals surface area contributed by atoms with Crippen molar-refractivity contribution in [2.75, 3.05) is 5.32 Å². The van der Waals surface area contributed by atoms with Crippen LogP contribution in [0.15, 0.2) is 48.5 Å². The molecule has 0 spiro atoms. The number of nitrogens with one attached hydrogen (secondary N) is 2.